The Balaban J connectivity index is 2.25. The average molecular weight is 252 g/mol. The van der Waals surface area contributed by atoms with Gasteiger partial charge in [0.15, 0.2) is 0 Å². The molecule has 1 aliphatic rings. The lowest BCUT2D eigenvalue weighted by atomic mass is 10.1. The normalized spacial score (nSPS) is 23.4. The van der Waals surface area contributed by atoms with Crippen LogP contribution in [0.2, 0.25) is 0 Å². The van der Waals surface area contributed by atoms with Gasteiger partial charge in [0.1, 0.15) is 11.5 Å². The Bertz CT molecular complexity index is 467. The van der Waals surface area contributed by atoms with Gasteiger partial charge in [-0.1, -0.05) is 0 Å². The lowest BCUT2D eigenvalue weighted by Gasteiger charge is -2.26. The quantitative estimate of drug-likeness (QED) is 0.809. The number of aliphatic hydroxyl groups is 1. The van der Waals surface area contributed by atoms with Crippen LogP contribution >= 0.6 is 0 Å². The van der Waals surface area contributed by atoms with E-state index in [1.54, 1.807) is 18.9 Å². The van der Waals surface area contributed by atoms with Crippen molar-refractivity contribution in [3.8, 4) is 0 Å². The first-order valence-corrected chi connectivity index (χ1v) is 6.16. The molecule has 1 fully saturated rings. The van der Waals surface area contributed by atoms with Crippen LogP contribution in [0.5, 0.6) is 0 Å². The van der Waals surface area contributed by atoms with Crippen LogP contribution in [0.15, 0.2) is 4.42 Å². The Morgan fingerprint density at radius 3 is 2.44 bits per heavy atom. The Morgan fingerprint density at radius 2 is 2.00 bits per heavy atom. The zero-order valence-corrected chi connectivity index (χ0v) is 11.3. The van der Waals surface area contributed by atoms with Gasteiger partial charge in [0, 0.05) is 25.7 Å². The van der Waals surface area contributed by atoms with Gasteiger partial charge in [-0.25, -0.2) is 0 Å². The standard InChI is InChI=1S/C13H20N2O3/c1-7-8(2)18-9(3)12(7)13(17)15(4)10-5-14-6-11(10)16/h10-11,14,16H,5-6H2,1-4H3/t10-,11-/m1/s1. The predicted octanol–water partition coefficient (Wildman–Crippen LogP) is 0.610. The predicted molar refractivity (Wildman–Crippen MR) is 67.7 cm³/mol. The summed E-state index contributed by atoms with van der Waals surface area (Å²) in [5.74, 6) is 1.33. The highest BCUT2D eigenvalue weighted by Gasteiger charge is 2.33. The van der Waals surface area contributed by atoms with Gasteiger partial charge in [-0.05, 0) is 20.8 Å². The van der Waals surface area contributed by atoms with E-state index in [9.17, 15) is 9.90 Å². The molecule has 1 saturated heterocycles. The van der Waals surface area contributed by atoms with Crippen LogP contribution < -0.4 is 5.32 Å². The fraction of sp³-hybridized carbons (Fsp3) is 0.615. The summed E-state index contributed by atoms with van der Waals surface area (Å²) < 4.78 is 5.48. The highest BCUT2D eigenvalue weighted by atomic mass is 16.3. The first-order valence-electron chi connectivity index (χ1n) is 6.16. The van der Waals surface area contributed by atoms with Crippen LogP contribution in [0.3, 0.4) is 0 Å². The summed E-state index contributed by atoms with van der Waals surface area (Å²) in [6.07, 6.45) is -0.507. The molecule has 1 aromatic rings. The van der Waals surface area contributed by atoms with E-state index in [1.807, 2.05) is 13.8 Å². The Kier molecular flexibility index (Phi) is 3.45. The molecule has 2 heterocycles. The zero-order chi connectivity index (χ0) is 13.4. The monoisotopic (exact) mass is 252 g/mol. The van der Waals surface area contributed by atoms with E-state index in [-0.39, 0.29) is 11.9 Å². The Hall–Kier alpha value is -1.33. The van der Waals surface area contributed by atoms with Crippen LogP contribution in [-0.2, 0) is 0 Å². The number of furan rings is 1. The Labute approximate surface area is 107 Å². The number of rotatable bonds is 2. The topological polar surface area (TPSA) is 65.7 Å². The van der Waals surface area contributed by atoms with Gasteiger partial charge in [-0.15, -0.1) is 0 Å². The van der Waals surface area contributed by atoms with Crippen molar-refractivity contribution in [2.45, 2.75) is 32.9 Å². The average Bonchev–Trinajstić information content (AvgIpc) is 2.83. The molecule has 0 radical (unpaired) electrons. The summed E-state index contributed by atoms with van der Waals surface area (Å²) in [5.41, 5.74) is 1.50. The molecule has 18 heavy (non-hydrogen) atoms. The van der Waals surface area contributed by atoms with E-state index in [2.05, 4.69) is 5.32 Å². The number of hydrogen-bond acceptors (Lipinski definition) is 4. The molecule has 0 bridgehead atoms. The van der Waals surface area contributed by atoms with Crippen molar-refractivity contribution in [3.63, 3.8) is 0 Å². The van der Waals surface area contributed by atoms with Crippen molar-refractivity contribution in [3.05, 3.63) is 22.6 Å². The van der Waals surface area contributed by atoms with Crippen LogP contribution in [0, 0.1) is 20.8 Å². The van der Waals surface area contributed by atoms with E-state index >= 15 is 0 Å². The lowest BCUT2D eigenvalue weighted by Crippen LogP contribution is -2.44. The number of nitrogens with zero attached hydrogens (tertiary/aromatic N) is 1. The van der Waals surface area contributed by atoms with Gasteiger partial charge in [-0.3, -0.25) is 4.79 Å². The molecule has 2 atom stereocenters. The molecule has 1 aliphatic heterocycles. The summed E-state index contributed by atoms with van der Waals surface area (Å²) in [5, 5.41) is 12.9. The van der Waals surface area contributed by atoms with Gasteiger partial charge < -0.3 is 19.7 Å². The molecule has 0 aliphatic carbocycles. The number of carbonyl (C=O) groups excluding carboxylic acids is 1. The first-order chi connectivity index (χ1) is 8.43. The number of nitrogens with one attached hydrogen (secondary N) is 1. The second-order valence-corrected chi connectivity index (χ2v) is 4.92. The second kappa shape index (κ2) is 4.74. The van der Waals surface area contributed by atoms with Crippen molar-refractivity contribution in [2.75, 3.05) is 20.1 Å². The van der Waals surface area contributed by atoms with Crippen molar-refractivity contribution >= 4 is 5.91 Å². The Morgan fingerprint density at radius 1 is 1.33 bits per heavy atom. The van der Waals surface area contributed by atoms with Crippen LogP contribution in [0.4, 0.5) is 0 Å². The minimum absolute atomic E-state index is 0.0883. The van der Waals surface area contributed by atoms with Crippen molar-refractivity contribution < 1.29 is 14.3 Å². The fourth-order valence-corrected chi connectivity index (χ4v) is 2.48. The first kappa shape index (κ1) is 13.1. The largest absolute Gasteiger partial charge is 0.466 e. The van der Waals surface area contributed by atoms with E-state index in [4.69, 9.17) is 4.42 Å². The van der Waals surface area contributed by atoms with Crippen LogP contribution in [0.25, 0.3) is 0 Å². The minimum Gasteiger partial charge on any atom is -0.466 e. The number of β-amino-alcohol motifs (C(OH)–C–C–N with tert-alkyl or cyclic N) is 1. The number of aliphatic hydroxyl groups excluding tert-OH is 1. The number of amides is 1. The highest BCUT2D eigenvalue weighted by Crippen LogP contribution is 2.23. The zero-order valence-electron chi connectivity index (χ0n) is 11.3. The summed E-state index contributed by atoms with van der Waals surface area (Å²) in [4.78, 5) is 14.1. The third kappa shape index (κ3) is 2.04. The van der Waals surface area contributed by atoms with E-state index < -0.39 is 6.10 Å². The molecular formula is C13H20N2O3. The molecule has 1 amide bonds. The number of carbonyl (C=O) groups is 1. The molecule has 0 saturated carbocycles. The lowest BCUT2D eigenvalue weighted by molar-refractivity contribution is 0.0579. The maximum atomic E-state index is 12.5. The highest BCUT2D eigenvalue weighted by molar-refractivity contribution is 5.97. The molecule has 0 unspecified atom stereocenters. The minimum atomic E-state index is -0.507. The third-order valence-corrected chi connectivity index (χ3v) is 3.74. The molecule has 1 aromatic heterocycles. The van der Waals surface area contributed by atoms with Gasteiger partial charge >= 0.3 is 0 Å². The molecule has 100 valence electrons. The van der Waals surface area contributed by atoms with Crippen LogP contribution in [0.1, 0.15) is 27.4 Å². The SMILES string of the molecule is Cc1oc(C)c(C(=O)N(C)[C@@H]2CNC[C@H]2O)c1C. The van der Waals surface area contributed by atoms with Crippen LogP contribution in [-0.4, -0.2) is 48.2 Å². The van der Waals surface area contributed by atoms with Crippen molar-refractivity contribution in [1.82, 2.24) is 10.2 Å². The maximum absolute atomic E-state index is 12.5. The number of aryl methyl sites for hydroxylation is 2. The van der Waals surface area contributed by atoms with Gasteiger partial charge in [0.25, 0.3) is 5.91 Å². The van der Waals surface area contributed by atoms with Gasteiger partial charge in [0.05, 0.1) is 17.7 Å². The van der Waals surface area contributed by atoms with E-state index in [0.29, 0.717) is 24.4 Å². The number of hydrogen-bond donors (Lipinski definition) is 2. The summed E-state index contributed by atoms with van der Waals surface area (Å²) in [6, 6.07) is -0.175. The summed E-state index contributed by atoms with van der Waals surface area (Å²) in [7, 11) is 1.73. The summed E-state index contributed by atoms with van der Waals surface area (Å²) in [6.45, 7) is 6.69. The molecular weight excluding hydrogens is 232 g/mol. The molecule has 2 rings (SSSR count). The van der Waals surface area contributed by atoms with E-state index in [1.165, 1.54) is 0 Å². The van der Waals surface area contributed by atoms with Gasteiger partial charge in [-0.2, -0.15) is 0 Å². The smallest absolute Gasteiger partial charge is 0.257 e. The maximum Gasteiger partial charge on any atom is 0.257 e. The van der Waals surface area contributed by atoms with E-state index in [0.717, 1.165) is 11.3 Å². The number of likely N-dealkylation sites (N-methyl/N-ethyl adjacent to an activating group) is 1. The van der Waals surface area contributed by atoms with Crippen molar-refractivity contribution in [2.24, 2.45) is 0 Å². The fourth-order valence-electron chi connectivity index (χ4n) is 2.48. The van der Waals surface area contributed by atoms with Crippen molar-refractivity contribution in [1.29, 1.82) is 0 Å². The molecule has 5 heteroatoms. The molecule has 0 aromatic carbocycles. The summed E-state index contributed by atoms with van der Waals surface area (Å²) >= 11 is 0. The third-order valence-electron chi connectivity index (χ3n) is 3.74. The molecule has 2 N–H and O–H groups in total. The second-order valence-electron chi connectivity index (χ2n) is 4.92. The van der Waals surface area contributed by atoms with Gasteiger partial charge in [0.2, 0.25) is 0 Å². The molecule has 5 nitrogen and oxygen atoms in total. The molecule has 0 spiro atoms.